The van der Waals surface area contributed by atoms with E-state index in [1.165, 1.54) is 5.56 Å². The van der Waals surface area contributed by atoms with E-state index in [-0.39, 0.29) is 54.3 Å². The Bertz CT molecular complexity index is 2140. The number of hydrogen-bond donors (Lipinski definition) is 4. The highest BCUT2D eigenvalue weighted by atomic mass is 16.2. The second-order valence-electron chi connectivity index (χ2n) is 13.7. The van der Waals surface area contributed by atoms with Crippen LogP contribution in [0.2, 0.25) is 0 Å². The number of amides is 4. The fraction of sp³-hybridized carbons (Fsp3) is 0.378. The lowest BCUT2D eigenvalue weighted by Gasteiger charge is -2.26. The van der Waals surface area contributed by atoms with Crippen LogP contribution in [0.15, 0.2) is 60.8 Å². The Morgan fingerprint density at radius 3 is 2.69 bits per heavy atom. The van der Waals surface area contributed by atoms with Gasteiger partial charge in [0.05, 0.1) is 29.0 Å². The van der Waals surface area contributed by atoms with Crippen molar-refractivity contribution >= 4 is 51.6 Å². The zero-order chi connectivity index (χ0) is 35.7. The van der Waals surface area contributed by atoms with Gasteiger partial charge in [0.2, 0.25) is 23.5 Å². The lowest BCUT2D eigenvalue weighted by Crippen LogP contribution is -2.39. The Hall–Kier alpha value is -5.63. The number of aromatic nitrogens is 5. The fourth-order valence-corrected chi connectivity index (χ4v) is 7.20. The van der Waals surface area contributed by atoms with Crippen LogP contribution in [0.5, 0.6) is 0 Å². The molecule has 1 unspecified atom stereocenters. The van der Waals surface area contributed by atoms with Crippen molar-refractivity contribution in [3.63, 3.8) is 0 Å². The van der Waals surface area contributed by atoms with Crippen molar-refractivity contribution in [2.75, 3.05) is 29.9 Å². The van der Waals surface area contributed by atoms with E-state index in [0.717, 1.165) is 41.7 Å². The van der Waals surface area contributed by atoms with Crippen molar-refractivity contribution in [1.82, 2.24) is 35.0 Å². The summed E-state index contributed by atoms with van der Waals surface area (Å²) in [6.45, 7) is 4.68. The SMILES string of the molecule is Cn1nc(C2CCC(=O)NC2=O)c2ccc(NC(=O)CCCCNC(=O)c3nc4c(CN)cc(N5CC[C@](C)(c6ccccc6)C5)cn4n3)cc21. The van der Waals surface area contributed by atoms with Gasteiger partial charge in [-0.25, -0.2) is 9.50 Å². The average molecular weight is 691 g/mol. The highest BCUT2D eigenvalue weighted by molar-refractivity contribution is 6.03. The van der Waals surface area contributed by atoms with Gasteiger partial charge in [0.1, 0.15) is 0 Å². The lowest BCUT2D eigenvalue weighted by atomic mass is 9.82. The van der Waals surface area contributed by atoms with E-state index in [4.69, 9.17) is 5.73 Å². The van der Waals surface area contributed by atoms with E-state index in [1.807, 2.05) is 30.5 Å². The van der Waals surface area contributed by atoms with Crippen LogP contribution >= 0.6 is 0 Å². The Morgan fingerprint density at radius 1 is 1.08 bits per heavy atom. The van der Waals surface area contributed by atoms with Crippen molar-refractivity contribution in [3.05, 3.63) is 83.4 Å². The van der Waals surface area contributed by atoms with Gasteiger partial charge in [-0.3, -0.25) is 29.2 Å². The number of unbranched alkanes of at least 4 members (excludes halogenated alkanes) is 1. The van der Waals surface area contributed by atoms with Crippen LogP contribution in [0.1, 0.15) is 78.8 Å². The molecule has 5 heterocycles. The summed E-state index contributed by atoms with van der Waals surface area (Å²) in [7, 11) is 1.78. The van der Waals surface area contributed by atoms with Gasteiger partial charge in [0, 0.05) is 68.1 Å². The molecule has 3 aromatic heterocycles. The second-order valence-corrected chi connectivity index (χ2v) is 13.7. The molecule has 51 heavy (non-hydrogen) atoms. The molecule has 5 aromatic rings. The molecule has 4 amide bonds. The van der Waals surface area contributed by atoms with E-state index < -0.39 is 5.92 Å². The number of fused-ring (bicyclic) bond motifs is 2. The topological polar surface area (TPSA) is 182 Å². The summed E-state index contributed by atoms with van der Waals surface area (Å²) < 4.78 is 3.32. The molecule has 7 rings (SSSR count). The summed E-state index contributed by atoms with van der Waals surface area (Å²) >= 11 is 0. The first-order valence-corrected chi connectivity index (χ1v) is 17.4. The van der Waals surface area contributed by atoms with Gasteiger partial charge >= 0.3 is 0 Å². The van der Waals surface area contributed by atoms with Gasteiger partial charge in [0.15, 0.2) is 5.65 Å². The van der Waals surface area contributed by atoms with Crippen LogP contribution in [0, 0.1) is 0 Å². The summed E-state index contributed by atoms with van der Waals surface area (Å²) in [5.41, 5.74) is 11.8. The molecule has 2 atom stereocenters. The number of nitrogens with one attached hydrogen (secondary N) is 3. The maximum Gasteiger partial charge on any atom is 0.290 e. The number of rotatable bonds is 11. The highest BCUT2D eigenvalue weighted by Gasteiger charge is 2.36. The number of hydrogen-bond acceptors (Lipinski definition) is 9. The van der Waals surface area contributed by atoms with Crippen molar-refractivity contribution in [1.29, 1.82) is 0 Å². The van der Waals surface area contributed by atoms with E-state index in [0.29, 0.717) is 42.8 Å². The van der Waals surface area contributed by atoms with Gasteiger partial charge in [-0.2, -0.15) is 5.10 Å². The third-order valence-electron chi connectivity index (χ3n) is 10.1. The van der Waals surface area contributed by atoms with Crippen LogP contribution in [0.3, 0.4) is 0 Å². The predicted octanol–water partition coefficient (Wildman–Crippen LogP) is 3.30. The number of carbonyl (C=O) groups excluding carboxylic acids is 4. The molecule has 0 spiro atoms. The van der Waals surface area contributed by atoms with Crippen LogP contribution in [-0.4, -0.2) is 67.6 Å². The monoisotopic (exact) mass is 690 g/mol. The zero-order valence-electron chi connectivity index (χ0n) is 28.8. The largest absolute Gasteiger partial charge is 0.369 e. The molecule has 14 heteroatoms. The standard InChI is InChI=1S/C37H42N10O4/c1-37(24-8-4-3-5-9-24)15-17-46(22-37)26-18-23(20-38)34-42-33(44-47(34)21-26)36(51)39-16-7-6-10-30(48)40-25-11-12-27-29(19-25)45(2)43-32(27)28-13-14-31(49)41-35(28)50/h3-5,8-9,11-12,18-19,21,28H,6-7,10,13-17,20,22,38H2,1-2H3,(H,39,51)(H,40,48)(H,41,49,50)/t28?,37-/m0/s1. The van der Waals surface area contributed by atoms with Crippen LogP contribution < -0.4 is 26.6 Å². The van der Waals surface area contributed by atoms with Crippen molar-refractivity contribution < 1.29 is 19.2 Å². The quantitative estimate of drug-likeness (QED) is 0.119. The molecule has 0 bridgehead atoms. The summed E-state index contributed by atoms with van der Waals surface area (Å²) in [6.07, 6.45) is 5.06. The molecular weight excluding hydrogens is 648 g/mol. The minimum Gasteiger partial charge on any atom is -0.369 e. The summed E-state index contributed by atoms with van der Waals surface area (Å²) in [6, 6.07) is 18.1. The minimum atomic E-state index is -0.496. The molecule has 264 valence electrons. The van der Waals surface area contributed by atoms with Crippen molar-refractivity contribution in [2.45, 2.75) is 63.3 Å². The molecule has 2 aromatic carbocycles. The number of imide groups is 1. The van der Waals surface area contributed by atoms with Gasteiger partial charge in [-0.15, -0.1) is 5.10 Å². The van der Waals surface area contributed by atoms with Gasteiger partial charge in [0.25, 0.3) is 5.91 Å². The van der Waals surface area contributed by atoms with E-state index >= 15 is 0 Å². The Balaban J connectivity index is 0.907. The maximum absolute atomic E-state index is 13.0. The van der Waals surface area contributed by atoms with Crippen molar-refractivity contribution in [2.24, 2.45) is 12.8 Å². The lowest BCUT2D eigenvalue weighted by molar-refractivity contribution is -0.134. The maximum atomic E-state index is 13.0. The number of benzene rings is 2. The molecule has 0 radical (unpaired) electrons. The number of piperidine rings is 1. The molecular formula is C37H42N10O4. The van der Waals surface area contributed by atoms with Crippen LogP contribution in [-0.2, 0) is 33.4 Å². The molecule has 2 aliphatic heterocycles. The molecule has 2 aliphatic rings. The smallest absolute Gasteiger partial charge is 0.290 e. The van der Waals surface area contributed by atoms with Crippen LogP contribution in [0.4, 0.5) is 11.4 Å². The van der Waals surface area contributed by atoms with E-state index in [9.17, 15) is 19.2 Å². The minimum absolute atomic E-state index is 0.0343. The summed E-state index contributed by atoms with van der Waals surface area (Å²) in [5, 5.41) is 18.0. The molecule has 2 fully saturated rings. The van der Waals surface area contributed by atoms with Gasteiger partial charge in [-0.05, 0) is 55.5 Å². The summed E-state index contributed by atoms with van der Waals surface area (Å²) in [4.78, 5) is 56.5. The van der Waals surface area contributed by atoms with Gasteiger partial charge in [-0.1, -0.05) is 37.3 Å². The number of anilines is 2. The number of carbonyl (C=O) groups is 4. The first kappa shape index (κ1) is 33.8. The van der Waals surface area contributed by atoms with Crippen molar-refractivity contribution in [3.8, 4) is 0 Å². The Labute approximate surface area is 294 Å². The molecule has 5 N–H and O–H groups in total. The highest BCUT2D eigenvalue weighted by Crippen LogP contribution is 2.37. The van der Waals surface area contributed by atoms with E-state index in [2.05, 4.69) is 67.2 Å². The molecule has 2 saturated heterocycles. The predicted molar refractivity (Wildman–Crippen MR) is 192 cm³/mol. The Morgan fingerprint density at radius 2 is 1.90 bits per heavy atom. The normalized spacial score (nSPS) is 19.1. The number of nitrogens with zero attached hydrogens (tertiary/aromatic N) is 6. The first-order valence-electron chi connectivity index (χ1n) is 17.4. The molecule has 0 aliphatic carbocycles. The Kier molecular flexibility index (Phi) is 9.25. The third-order valence-corrected chi connectivity index (χ3v) is 10.1. The third kappa shape index (κ3) is 6.91. The van der Waals surface area contributed by atoms with E-state index in [1.54, 1.807) is 22.3 Å². The van der Waals surface area contributed by atoms with Crippen LogP contribution in [0.25, 0.3) is 16.6 Å². The number of nitrogens with two attached hydrogens (primary N) is 1. The number of aryl methyl sites for hydroxylation is 1. The first-order chi connectivity index (χ1) is 24.6. The number of pyridine rings is 1. The average Bonchev–Trinajstić information content (AvgIpc) is 3.84. The molecule has 0 saturated carbocycles. The zero-order valence-corrected chi connectivity index (χ0v) is 28.8. The fourth-order valence-electron chi connectivity index (χ4n) is 7.20. The summed E-state index contributed by atoms with van der Waals surface area (Å²) in [5.74, 6) is -1.57. The molecule has 14 nitrogen and oxygen atoms in total. The van der Waals surface area contributed by atoms with Gasteiger partial charge < -0.3 is 21.3 Å². The second kappa shape index (κ2) is 13.9.